The molecule has 0 fully saturated rings. The predicted molar refractivity (Wildman–Crippen MR) is 54.1 cm³/mol. The Morgan fingerprint density at radius 3 is 2.94 bits per heavy atom. The molecule has 0 aliphatic rings. The van der Waals surface area contributed by atoms with Crippen molar-refractivity contribution in [2.45, 2.75) is 13.0 Å². The minimum Gasteiger partial charge on any atom is -0.469 e. The molecule has 0 aliphatic carbocycles. The average Bonchev–Trinajstić information content (AvgIpc) is 2.63. The maximum absolute atomic E-state index is 11.3. The summed E-state index contributed by atoms with van der Waals surface area (Å²) in [7, 11) is 1.29. The first-order chi connectivity index (χ1) is 7.61. The van der Waals surface area contributed by atoms with Crippen LogP contribution in [-0.4, -0.2) is 40.3 Å². The number of methoxy groups -OCH3 is 1. The summed E-state index contributed by atoms with van der Waals surface area (Å²) in [5.41, 5.74) is 5.28. The van der Waals surface area contributed by atoms with Crippen molar-refractivity contribution in [3.8, 4) is 0 Å². The number of nitrogens with two attached hydrogens (primary N) is 1. The van der Waals surface area contributed by atoms with E-state index in [-0.39, 0.29) is 37.3 Å². The van der Waals surface area contributed by atoms with Crippen LogP contribution in [0.25, 0.3) is 0 Å². The van der Waals surface area contributed by atoms with Crippen molar-refractivity contribution in [3.63, 3.8) is 0 Å². The Hall–Kier alpha value is -2.12. The first-order valence-electron chi connectivity index (χ1n) is 4.60. The Kier molecular flexibility index (Phi) is 4.25. The quantitative estimate of drug-likeness (QED) is 0.594. The molecule has 8 heteroatoms. The first-order valence-corrected chi connectivity index (χ1v) is 4.60. The fourth-order valence-corrected chi connectivity index (χ4v) is 0.994. The summed E-state index contributed by atoms with van der Waals surface area (Å²) in [5.74, 6) is -0.526. The SMILES string of the molecule is COC(=O)CCNC(=O)Cn1cnc(N)n1. The number of aromatic nitrogens is 3. The van der Waals surface area contributed by atoms with Crippen molar-refractivity contribution in [1.82, 2.24) is 20.1 Å². The molecule has 0 saturated heterocycles. The van der Waals surface area contributed by atoms with Gasteiger partial charge in [0.25, 0.3) is 0 Å². The summed E-state index contributed by atoms with van der Waals surface area (Å²) in [4.78, 5) is 25.7. The number of ether oxygens (including phenoxy) is 1. The highest BCUT2D eigenvalue weighted by Crippen LogP contribution is 1.89. The van der Waals surface area contributed by atoms with Gasteiger partial charge in [-0.1, -0.05) is 0 Å². The van der Waals surface area contributed by atoms with Gasteiger partial charge >= 0.3 is 5.97 Å². The van der Waals surface area contributed by atoms with Gasteiger partial charge in [-0.25, -0.2) is 9.67 Å². The van der Waals surface area contributed by atoms with Gasteiger partial charge in [0.15, 0.2) is 0 Å². The van der Waals surface area contributed by atoms with Crippen LogP contribution in [0.3, 0.4) is 0 Å². The zero-order chi connectivity index (χ0) is 12.0. The van der Waals surface area contributed by atoms with Crippen molar-refractivity contribution in [2.24, 2.45) is 0 Å². The summed E-state index contributed by atoms with van der Waals surface area (Å²) in [6.45, 7) is 0.251. The third kappa shape index (κ3) is 3.95. The molecular formula is C8H13N5O3. The zero-order valence-corrected chi connectivity index (χ0v) is 8.84. The molecule has 0 spiro atoms. The van der Waals surface area contributed by atoms with Gasteiger partial charge < -0.3 is 15.8 Å². The summed E-state index contributed by atoms with van der Waals surface area (Å²) in [6, 6.07) is 0. The number of nitrogen functional groups attached to an aromatic ring is 1. The van der Waals surface area contributed by atoms with Crippen LogP contribution in [0.4, 0.5) is 5.95 Å². The summed E-state index contributed by atoms with van der Waals surface area (Å²) < 4.78 is 5.73. The van der Waals surface area contributed by atoms with E-state index in [0.29, 0.717) is 0 Å². The van der Waals surface area contributed by atoms with Crippen LogP contribution < -0.4 is 11.1 Å². The lowest BCUT2D eigenvalue weighted by Gasteiger charge is -2.03. The van der Waals surface area contributed by atoms with Crippen molar-refractivity contribution in [2.75, 3.05) is 19.4 Å². The Balaban J connectivity index is 2.23. The van der Waals surface area contributed by atoms with Crippen LogP contribution in [0.2, 0.25) is 0 Å². The minimum atomic E-state index is -0.370. The van der Waals surface area contributed by atoms with E-state index in [9.17, 15) is 9.59 Å². The molecule has 0 radical (unpaired) electrons. The van der Waals surface area contributed by atoms with Crippen LogP contribution >= 0.6 is 0 Å². The fraction of sp³-hybridized carbons (Fsp3) is 0.500. The largest absolute Gasteiger partial charge is 0.469 e. The van der Waals surface area contributed by atoms with E-state index in [1.54, 1.807) is 0 Å². The smallest absolute Gasteiger partial charge is 0.307 e. The normalized spacial score (nSPS) is 9.81. The van der Waals surface area contributed by atoms with E-state index < -0.39 is 0 Å². The second-order valence-electron chi connectivity index (χ2n) is 2.98. The summed E-state index contributed by atoms with van der Waals surface area (Å²) in [5, 5.41) is 6.28. The second kappa shape index (κ2) is 5.69. The van der Waals surface area contributed by atoms with Gasteiger partial charge in [0.05, 0.1) is 13.5 Å². The summed E-state index contributed by atoms with van der Waals surface area (Å²) >= 11 is 0. The molecular weight excluding hydrogens is 214 g/mol. The molecule has 1 amide bonds. The highest BCUT2D eigenvalue weighted by atomic mass is 16.5. The number of rotatable bonds is 5. The predicted octanol–water partition coefficient (Wildman–Crippen LogP) is -1.46. The molecule has 0 atom stereocenters. The van der Waals surface area contributed by atoms with E-state index in [0.717, 1.165) is 0 Å². The Morgan fingerprint density at radius 2 is 2.38 bits per heavy atom. The van der Waals surface area contributed by atoms with E-state index in [4.69, 9.17) is 5.73 Å². The lowest BCUT2D eigenvalue weighted by Crippen LogP contribution is -2.29. The van der Waals surface area contributed by atoms with Crippen molar-refractivity contribution >= 4 is 17.8 Å². The van der Waals surface area contributed by atoms with Gasteiger partial charge in [-0.2, -0.15) is 0 Å². The van der Waals surface area contributed by atoms with Crippen LogP contribution in [0, 0.1) is 0 Å². The molecule has 1 rings (SSSR count). The van der Waals surface area contributed by atoms with E-state index in [1.165, 1.54) is 18.1 Å². The topological polar surface area (TPSA) is 112 Å². The molecule has 1 aromatic rings. The Labute approximate surface area is 91.8 Å². The monoisotopic (exact) mass is 227 g/mol. The summed E-state index contributed by atoms with van der Waals surface area (Å²) in [6.07, 6.45) is 1.50. The maximum atomic E-state index is 11.3. The molecule has 0 saturated carbocycles. The van der Waals surface area contributed by atoms with Crippen LogP contribution in [-0.2, 0) is 20.9 Å². The Morgan fingerprint density at radius 1 is 1.62 bits per heavy atom. The van der Waals surface area contributed by atoms with Crippen LogP contribution in [0.5, 0.6) is 0 Å². The molecule has 0 bridgehead atoms. The first kappa shape index (κ1) is 12.0. The number of nitrogens with zero attached hydrogens (tertiary/aromatic N) is 3. The fourth-order valence-electron chi connectivity index (χ4n) is 0.994. The third-order valence-corrected chi connectivity index (χ3v) is 1.74. The van der Waals surface area contributed by atoms with E-state index in [1.807, 2.05) is 0 Å². The van der Waals surface area contributed by atoms with Gasteiger partial charge in [-0.15, -0.1) is 5.10 Å². The number of anilines is 1. The number of amides is 1. The molecule has 0 aromatic carbocycles. The highest BCUT2D eigenvalue weighted by Gasteiger charge is 2.05. The average molecular weight is 227 g/mol. The standard InChI is InChI=1S/C8H13N5O3/c1-16-7(15)2-3-10-6(14)4-13-5-11-8(9)12-13/h5H,2-4H2,1H3,(H2,9,12)(H,10,14). The molecule has 88 valence electrons. The Bertz CT molecular complexity index is 376. The van der Waals surface area contributed by atoms with Gasteiger partial charge in [0, 0.05) is 6.54 Å². The van der Waals surface area contributed by atoms with E-state index in [2.05, 4.69) is 20.1 Å². The highest BCUT2D eigenvalue weighted by molar-refractivity contribution is 5.76. The molecule has 1 aromatic heterocycles. The van der Waals surface area contributed by atoms with Crippen molar-refractivity contribution < 1.29 is 14.3 Å². The molecule has 1 heterocycles. The second-order valence-corrected chi connectivity index (χ2v) is 2.98. The van der Waals surface area contributed by atoms with Gasteiger partial charge in [-0.3, -0.25) is 9.59 Å². The number of carbonyl (C=O) groups is 2. The lowest BCUT2D eigenvalue weighted by atomic mass is 10.4. The van der Waals surface area contributed by atoms with Crippen molar-refractivity contribution in [1.29, 1.82) is 0 Å². The molecule has 0 aliphatic heterocycles. The minimum absolute atomic E-state index is 0.0192. The van der Waals surface area contributed by atoms with Crippen LogP contribution in [0.1, 0.15) is 6.42 Å². The van der Waals surface area contributed by atoms with E-state index >= 15 is 0 Å². The number of hydrogen-bond donors (Lipinski definition) is 2. The molecule has 3 N–H and O–H groups in total. The van der Waals surface area contributed by atoms with Gasteiger partial charge in [-0.05, 0) is 0 Å². The number of nitrogens with one attached hydrogen (secondary N) is 1. The van der Waals surface area contributed by atoms with Gasteiger partial charge in [0.2, 0.25) is 11.9 Å². The third-order valence-electron chi connectivity index (χ3n) is 1.74. The van der Waals surface area contributed by atoms with Gasteiger partial charge in [0.1, 0.15) is 12.9 Å². The number of carbonyl (C=O) groups excluding carboxylic acids is 2. The molecule has 0 unspecified atom stereocenters. The van der Waals surface area contributed by atoms with Crippen molar-refractivity contribution in [3.05, 3.63) is 6.33 Å². The number of hydrogen-bond acceptors (Lipinski definition) is 6. The zero-order valence-electron chi connectivity index (χ0n) is 8.84. The molecule has 16 heavy (non-hydrogen) atoms. The maximum Gasteiger partial charge on any atom is 0.307 e. The van der Waals surface area contributed by atoms with Crippen LogP contribution in [0.15, 0.2) is 6.33 Å². The molecule has 8 nitrogen and oxygen atoms in total. The lowest BCUT2D eigenvalue weighted by molar-refractivity contribution is -0.140. The number of esters is 1.